The van der Waals surface area contributed by atoms with E-state index in [9.17, 15) is 13.2 Å². The van der Waals surface area contributed by atoms with Gasteiger partial charge in [0.25, 0.3) is 0 Å². The number of rotatable bonds is 2. The maximum absolute atomic E-state index is 12.4. The van der Waals surface area contributed by atoms with Crippen molar-refractivity contribution in [2.75, 3.05) is 13.1 Å². The molecule has 3 rings (SSSR count). The normalized spacial score (nSPS) is 17.3. The molecule has 6 nitrogen and oxygen atoms in total. The van der Waals surface area contributed by atoms with Gasteiger partial charge in [0.2, 0.25) is 10.0 Å². The van der Waals surface area contributed by atoms with E-state index in [0.29, 0.717) is 24.1 Å². The topological polar surface area (TPSA) is 75.2 Å². The highest BCUT2D eigenvalue weighted by atomic mass is 32.2. The summed E-state index contributed by atoms with van der Waals surface area (Å²) < 4.78 is 27.7. The average Bonchev–Trinajstić information content (AvgIpc) is 2.99. The smallest absolute Gasteiger partial charge is 0.306 e. The second-order valence-electron chi connectivity index (χ2n) is 4.78. The lowest BCUT2D eigenvalue weighted by atomic mass is 10.3. The maximum Gasteiger partial charge on any atom is 0.326 e. The molecule has 2 heterocycles. The van der Waals surface area contributed by atoms with Crippen LogP contribution in [0.1, 0.15) is 12.8 Å². The van der Waals surface area contributed by atoms with Crippen molar-refractivity contribution in [2.24, 2.45) is 7.05 Å². The molecule has 0 aliphatic carbocycles. The van der Waals surface area contributed by atoms with Crippen LogP contribution in [0.25, 0.3) is 11.0 Å². The molecule has 7 heteroatoms. The van der Waals surface area contributed by atoms with Gasteiger partial charge in [-0.15, -0.1) is 0 Å². The molecule has 0 radical (unpaired) electrons. The molecule has 1 fully saturated rings. The van der Waals surface area contributed by atoms with Gasteiger partial charge in [-0.1, -0.05) is 0 Å². The minimum absolute atomic E-state index is 0.240. The summed E-state index contributed by atoms with van der Waals surface area (Å²) in [5.41, 5.74) is 1.00. The van der Waals surface area contributed by atoms with Crippen LogP contribution in [0, 0.1) is 0 Å². The van der Waals surface area contributed by atoms with Crippen LogP contribution in [-0.4, -0.2) is 35.4 Å². The SMILES string of the molecule is Cn1c(=O)[nH]c2cc(S(=O)(=O)N3CCCC3)ccc21. The van der Waals surface area contributed by atoms with E-state index in [1.807, 2.05) is 0 Å². The number of hydrogen-bond donors (Lipinski definition) is 1. The van der Waals surface area contributed by atoms with Crippen LogP contribution < -0.4 is 5.69 Å². The van der Waals surface area contributed by atoms with Crippen LogP contribution >= 0.6 is 0 Å². The molecule has 0 spiro atoms. The number of aryl methyl sites for hydroxylation is 1. The van der Waals surface area contributed by atoms with Crippen molar-refractivity contribution in [3.05, 3.63) is 28.7 Å². The van der Waals surface area contributed by atoms with E-state index in [1.165, 1.54) is 14.9 Å². The third-order valence-electron chi connectivity index (χ3n) is 3.58. The first kappa shape index (κ1) is 12.4. The van der Waals surface area contributed by atoms with E-state index in [4.69, 9.17) is 0 Å². The first-order valence-electron chi connectivity index (χ1n) is 6.19. The lowest BCUT2D eigenvalue weighted by Gasteiger charge is -2.15. The van der Waals surface area contributed by atoms with Gasteiger partial charge in [-0.05, 0) is 31.0 Å². The van der Waals surface area contributed by atoms with Gasteiger partial charge in [0.1, 0.15) is 0 Å². The predicted molar refractivity (Wildman–Crippen MR) is 71.5 cm³/mol. The Hall–Kier alpha value is -1.60. The molecule has 1 aliphatic heterocycles. The van der Waals surface area contributed by atoms with Gasteiger partial charge < -0.3 is 4.98 Å². The highest BCUT2D eigenvalue weighted by molar-refractivity contribution is 7.89. The number of benzene rings is 1. The molecule has 0 bridgehead atoms. The molecule has 0 atom stereocenters. The number of fused-ring (bicyclic) bond motifs is 1. The van der Waals surface area contributed by atoms with Crippen LogP contribution in [0.5, 0.6) is 0 Å². The lowest BCUT2D eigenvalue weighted by molar-refractivity contribution is 0.477. The molecule has 1 aromatic heterocycles. The van der Waals surface area contributed by atoms with Gasteiger partial charge in [-0.2, -0.15) is 4.31 Å². The highest BCUT2D eigenvalue weighted by Gasteiger charge is 2.27. The zero-order valence-corrected chi connectivity index (χ0v) is 11.4. The van der Waals surface area contributed by atoms with Crippen molar-refractivity contribution in [2.45, 2.75) is 17.7 Å². The fraction of sp³-hybridized carbons (Fsp3) is 0.417. The standard InChI is InChI=1S/C12H15N3O3S/c1-14-11-5-4-9(8-10(11)13-12(14)16)19(17,18)15-6-2-3-7-15/h4-5,8H,2-3,6-7H2,1H3,(H,13,16). The first-order chi connectivity index (χ1) is 9.00. The van der Waals surface area contributed by atoms with E-state index >= 15 is 0 Å². The van der Waals surface area contributed by atoms with Gasteiger partial charge in [-0.3, -0.25) is 4.57 Å². The largest absolute Gasteiger partial charge is 0.326 e. The van der Waals surface area contributed by atoms with Gasteiger partial charge >= 0.3 is 5.69 Å². The monoisotopic (exact) mass is 281 g/mol. The number of nitrogens with zero attached hydrogens (tertiary/aromatic N) is 2. The van der Waals surface area contributed by atoms with E-state index in [-0.39, 0.29) is 10.6 Å². The Morgan fingerprint density at radius 2 is 1.89 bits per heavy atom. The maximum atomic E-state index is 12.4. The molecule has 0 unspecified atom stereocenters. The summed E-state index contributed by atoms with van der Waals surface area (Å²) in [5.74, 6) is 0. The third-order valence-corrected chi connectivity index (χ3v) is 5.47. The van der Waals surface area contributed by atoms with Crippen molar-refractivity contribution in [3.63, 3.8) is 0 Å². The minimum atomic E-state index is -3.43. The van der Waals surface area contributed by atoms with Gasteiger partial charge in [-0.25, -0.2) is 13.2 Å². The highest BCUT2D eigenvalue weighted by Crippen LogP contribution is 2.23. The van der Waals surface area contributed by atoms with Gasteiger partial charge in [0, 0.05) is 20.1 Å². The Bertz CT molecular complexity index is 782. The summed E-state index contributed by atoms with van der Waals surface area (Å²) in [6, 6.07) is 4.75. The van der Waals surface area contributed by atoms with E-state index in [1.54, 1.807) is 19.2 Å². The number of aromatic amines is 1. The van der Waals surface area contributed by atoms with Crippen LogP contribution in [0.4, 0.5) is 0 Å². The molecular formula is C12H15N3O3S. The summed E-state index contributed by atoms with van der Waals surface area (Å²) in [6.45, 7) is 1.15. The summed E-state index contributed by atoms with van der Waals surface area (Å²) in [7, 11) is -1.78. The zero-order chi connectivity index (χ0) is 13.6. The Balaban J connectivity index is 2.13. The summed E-state index contributed by atoms with van der Waals surface area (Å²) in [6.07, 6.45) is 1.81. The van der Waals surface area contributed by atoms with Crippen molar-refractivity contribution < 1.29 is 8.42 Å². The third kappa shape index (κ3) is 1.89. The van der Waals surface area contributed by atoms with E-state index < -0.39 is 10.0 Å². The molecule has 1 N–H and O–H groups in total. The van der Waals surface area contributed by atoms with Gasteiger partial charge in [0.15, 0.2) is 0 Å². The molecule has 102 valence electrons. The molecular weight excluding hydrogens is 266 g/mol. The molecule has 0 amide bonds. The summed E-state index contributed by atoms with van der Waals surface area (Å²) in [4.78, 5) is 14.4. The zero-order valence-electron chi connectivity index (χ0n) is 10.6. The van der Waals surface area contributed by atoms with Gasteiger partial charge in [0.05, 0.1) is 15.9 Å². The Labute approximate surface area is 110 Å². The van der Waals surface area contributed by atoms with Crippen molar-refractivity contribution in [1.29, 1.82) is 0 Å². The molecule has 1 aliphatic rings. The average molecular weight is 281 g/mol. The number of sulfonamides is 1. The van der Waals surface area contributed by atoms with E-state index in [0.717, 1.165) is 12.8 Å². The van der Waals surface area contributed by atoms with Crippen LogP contribution in [0.15, 0.2) is 27.9 Å². The van der Waals surface area contributed by atoms with Crippen molar-refractivity contribution in [3.8, 4) is 0 Å². The molecule has 0 saturated carbocycles. The molecule has 1 saturated heterocycles. The lowest BCUT2D eigenvalue weighted by Crippen LogP contribution is -2.27. The quantitative estimate of drug-likeness (QED) is 0.878. The summed E-state index contributed by atoms with van der Waals surface area (Å²) in [5, 5.41) is 0. The predicted octanol–water partition coefficient (Wildman–Crippen LogP) is 0.651. The Morgan fingerprint density at radius 1 is 1.21 bits per heavy atom. The van der Waals surface area contributed by atoms with Crippen LogP contribution in [-0.2, 0) is 17.1 Å². The van der Waals surface area contributed by atoms with Crippen molar-refractivity contribution in [1.82, 2.24) is 13.9 Å². The van der Waals surface area contributed by atoms with Crippen molar-refractivity contribution >= 4 is 21.1 Å². The summed E-state index contributed by atoms with van der Waals surface area (Å²) >= 11 is 0. The first-order valence-corrected chi connectivity index (χ1v) is 7.63. The number of imidazole rings is 1. The minimum Gasteiger partial charge on any atom is -0.306 e. The number of H-pyrrole nitrogens is 1. The fourth-order valence-corrected chi connectivity index (χ4v) is 4.00. The molecule has 1 aromatic carbocycles. The second kappa shape index (κ2) is 4.21. The second-order valence-corrected chi connectivity index (χ2v) is 6.72. The molecule has 19 heavy (non-hydrogen) atoms. The fourth-order valence-electron chi connectivity index (χ4n) is 2.45. The number of aromatic nitrogens is 2. The van der Waals surface area contributed by atoms with Crippen LogP contribution in [0.3, 0.4) is 0 Å². The van der Waals surface area contributed by atoms with Crippen LogP contribution in [0.2, 0.25) is 0 Å². The Kier molecular flexibility index (Phi) is 2.75. The number of nitrogens with one attached hydrogen (secondary N) is 1. The molecule has 2 aromatic rings. The van der Waals surface area contributed by atoms with E-state index in [2.05, 4.69) is 4.98 Å². The Morgan fingerprint density at radius 3 is 2.58 bits per heavy atom. The number of hydrogen-bond acceptors (Lipinski definition) is 3.